The molecule has 0 unspecified atom stereocenters. The first kappa shape index (κ1) is 19.8. The van der Waals surface area contributed by atoms with E-state index >= 15 is 0 Å². The molecular weight excluding hydrogens is 336 g/mol. The molecule has 6 atom stereocenters. The van der Waals surface area contributed by atoms with Crippen molar-refractivity contribution in [3.05, 3.63) is 11.6 Å². The molecule has 1 spiro atoms. The van der Waals surface area contributed by atoms with Crippen molar-refractivity contribution in [1.82, 2.24) is 0 Å². The number of carbonyl (C=O) groups is 1. The zero-order valence-corrected chi connectivity index (χ0v) is 16.2. The Balaban J connectivity index is 1.95. The smallest absolute Gasteiger partial charge is 0.335 e. The SMILES string of the molecule is COC(=O)/C(=C/C[C@@H]1[C@@]2(C)CC[C@H](O)C(C)(C)[C@@H]2C[C@H](O)[C@@]12CO2)CO. The van der Waals surface area contributed by atoms with Gasteiger partial charge in [-0.2, -0.15) is 0 Å². The lowest BCUT2D eigenvalue weighted by molar-refractivity contribution is -0.184. The van der Waals surface area contributed by atoms with Gasteiger partial charge in [0.25, 0.3) is 0 Å². The Bertz CT molecular complexity index is 593. The fourth-order valence-corrected chi connectivity index (χ4v) is 5.83. The number of methoxy groups -OCH3 is 1. The minimum Gasteiger partial charge on any atom is -0.466 e. The summed E-state index contributed by atoms with van der Waals surface area (Å²) in [6, 6.07) is 0. The summed E-state index contributed by atoms with van der Waals surface area (Å²) in [4.78, 5) is 11.8. The monoisotopic (exact) mass is 368 g/mol. The van der Waals surface area contributed by atoms with Crippen molar-refractivity contribution < 1.29 is 29.6 Å². The van der Waals surface area contributed by atoms with Crippen LogP contribution in [0.5, 0.6) is 0 Å². The maximum absolute atomic E-state index is 11.8. The highest BCUT2D eigenvalue weighted by molar-refractivity contribution is 5.88. The molecule has 0 aromatic carbocycles. The van der Waals surface area contributed by atoms with E-state index in [0.717, 1.165) is 12.8 Å². The molecule has 0 aromatic heterocycles. The molecule has 0 aromatic rings. The van der Waals surface area contributed by atoms with Gasteiger partial charge < -0.3 is 24.8 Å². The van der Waals surface area contributed by atoms with Gasteiger partial charge in [0.1, 0.15) is 5.60 Å². The van der Waals surface area contributed by atoms with E-state index in [2.05, 4.69) is 20.8 Å². The van der Waals surface area contributed by atoms with Crippen LogP contribution in [0.1, 0.15) is 46.5 Å². The minimum atomic E-state index is -0.584. The molecule has 1 heterocycles. The lowest BCUT2D eigenvalue weighted by Gasteiger charge is -2.61. The average molecular weight is 368 g/mol. The Kier molecular flexibility index (Phi) is 5.02. The molecule has 0 amide bonds. The third-order valence-corrected chi connectivity index (χ3v) is 7.61. The van der Waals surface area contributed by atoms with Crippen LogP contribution in [0.2, 0.25) is 0 Å². The fraction of sp³-hybridized carbons (Fsp3) is 0.850. The van der Waals surface area contributed by atoms with E-state index < -0.39 is 17.7 Å². The fourth-order valence-electron chi connectivity index (χ4n) is 5.83. The van der Waals surface area contributed by atoms with Crippen molar-refractivity contribution in [2.75, 3.05) is 20.3 Å². The van der Waals surface area contributed by atoms with Gasteiger partial charge in [-0.25, -0.2) is 4.79 Å². The third kappa shape index (κ3) is 2.82. The van der Waals surface area contributed by atoms with Crippen molar-refractivity contribution in [1.29, 1.82) is 0 Å². The lowest BCUT2D eigenvalue weighted by Crippen LogP contribution is -2.62. The molecule has 3 N–H and O–H groups in total. The van der Waals surface area contributed by atoms with Crippen LogP contribution in [-0.4, -0.2) is 59.4 Å². The number of carbonyl (C=O) groups excluding carboxylic acids is 1. The number of fused-ring (bicyclic) bond motifs is 1. The molecule has 6 heteroatoms. The number of hydrogen-bond donors (Lipinski definition) is 3. The van der Waals surface area contributed by atoms with E-state index in [1.54, 1.807) is 6.08 Å². The van der Waals surface area contributed by atoms with Gasteiger partial charge in [0.2, 0.25) is 0 Å². The second-order valence-corrected chi connectivity index (χ2v) is 9.10. The minimum absolute atomic E-state index is 0.0155. The molecule has 2 saturated carbocycles. The summed E-state index contributed by atoms with van der Waals surface area (Å²) < 4.78 is 10.5. The number of hydrogen-bond acceptors (Lipinski definition) is 6. The molecule has 1 saturated heterocycles. The number of rotatable bonds is 4. The lowest BCUT2D eigenvalue weighted by atomic mass is 9.44. The molecule has 6 nitrogen and oxygen atoms in total. The van der Waals surface area contributed by atoms with E-state index in [0.29, 0.717) is 19.4 Å². The summed E-state index contributed by atoms with van der Waals surface area (Å²) in [6.07, 6.45) is 3.48. The van der Waals surface area contributed by atoms with Gasteiger partial charge in [-0.05, 0) is 42.4 Å². The molecule has 148 valence electrons. The maximum Gasteiger partial charge on any atom is 0.335 e. The predicted molar refractivity (Wildman–Crippen MR) is 95.2 cm³/mol. The first-order valence-electron chi connectivity index (χ1n) is 9.51. The van der Waals surface area contributed by atoms with E-state index in [9.17, 15) is 20.1 Å². The van der Waals surface area contributed by atoms with Crippen LogP contribution in [0.25, 0.3) is 0 Å². The zero-order valence-electron chi connectivity index (χ0n) is 16.2. The molecule has 3 fully saturated rings. The second kappa shape index (κ2) is 6.59. The molecule has 2 aliphatic carbocycles. The summed E-state index contributed by atoms with van der Waals surface area (Å²) in [5.74, 6) is -0.366. The van der Waals surface area contributed by atoms with Crippen molar-refractivity contribution in [2.24, 2.45) is 22.7 Å². The number of esters is 1. The average Bonchev–Trinajstić information content (AvgIpc) is 3.39. The Morgan fingerprint density at radius 1 is 1.27 bits per heavy atom. The van der Waals surface area contributed by atoms with Crippen molar-refractivity contribution >= 4 is 5.97 Å². The Morgan fingerprint density at radius 2 is 1.92 bits per heavy atom. The van der Waals surface area contributed by atoms with Crippen molar-refractivity contribution in [2.45, 2.75) is 64.3 Å². The van der Waals surface area contributed by atoms with Crippen LogP contribution in [-0.2, 0) is 14.3 Å². The molecule has 26 heavy (non-hydrogen) atoms. The first-order valence-corrected chi connectivity index (χ1v) is 9.51. The van der Waals surface area contributed by atoms with Crippen LogP contribution >= 0.6 is 0 Å². The molecule has 1 aliphatic heterocycles. The Morgan fingerprint density at radius 3 is 2.46 bits per heavy atom. The van der Waals surface area contributed by atoms with Crippen LogP contribution < -0.4 is 0 Å². The number of ether oxygens (including phenoxy) is 2. The van der Waals surface area contributed by atoms with E-state index in [1.165, 1.54) is 7.11 Å². The summed E-state index contributed by atoms with van der Waals surface area (Å²) in [5.41, 5.74) is -0.754. The Hall–Kier alpha value is -0.950. The van der Waals surface area contributed by atoms with Crippen LogP contribution in [0.3, 0.4) is 0 Å². The largest absolute Gasteiger partial charge is 0.466 e. The molecule has 3 rings (SSSR count). The van der Waals surface area contributed by atoms with Gasteiger partial charge in [0, 0.05) is 5.92 Å². The second-order valence-electron chi connectivity index (χ2n) is 9.10. The summed E-state index contributed by atoms with van der Waals surface area (Å²) in [6.45, 7) is 6.54. The van der Waals surface area contributed by atoms with Crippen LogP contribution in [0.15, 0.2) is 11.6 Å². The highest BCUT2D eigenvalue weighted by atomic mass is 16.6. The highest BCUT2D eigenvalue weighted by Crippen LogP contribution is 2.66. The molecule has 0 radical (unpaired) electrons. The summed E-state index contributed by atoms with van der Waals surface area (Å²) in [7, 11) is 1.30. The molecular formula is C20H32O6. The standard InChI is InChI=1S/C20H32O6/c1-18(2)14-9-16(23)20(11-26-20)13(19(14,3)8-7-15(18)22)6-5-12(10-21)17(24)25-4/h5,13-16,21-23H,6-11H2,1-4H3/b12-5+/t13-,14+,15+,16+,19-,20-/m1/s1. The normalized spacial score (nSPS) is 44.5. The molecule has 3 aliphatic rings. The summed E-state index contributed by atoms with van der Waals surface area (Å²) >= 11 is 0. The maximum atomic E-state index is 11.8. The van der Waals surface area contributed by atoms with Gasteiger partial charge in [0.05, 0.1) is 38.1 Å². The Labute approximate surface area is 155 Å². The van der Waals surface area contributed by atoms with E-state index in [4.69, 9.17) is 9.47 Å². The number of epoxide rings is 1. The number of allylic oxidation sites excluding steroid dienone is 1. The van der Waals surface area contributed by atoms with Gasteiger partial charge in [-0.15, -0.1) is 0 Å². The van der Waals surface area contributed by atoms with Crippen molar-refractivity contribution in [3.63, 3.8) is 0 Å². The van der Waals surface area contributed by atoms with Gasteiger partial charge in [0.15, 0.2) is 0 Å². The molecule has 0 bridgehead atoms. The van der Waals surface area contributed by atoms with Gasteiger partial charge in [-0.3, -0.25) is 0 Å². The van der Waals surface area contributed by atoms with E-state index in [-0.39, 0.29) is 40.9 Å². The van der Waals surface area contributed by atoms with Gasteiger partial charge >= 0.3 is 5.97 Å². The summed E-state index contributed by atoms with van der Waals surface area (Å²) in [5, 5.41) is 30.9. The van der Waals surface area contributed by atoms with E-state index in [1.807, 2.05) is 0 Å². The van der Waals surface area contributed by atoms with Crippen LogP contribution in [0.4, 0.5) is 0 Å². The number of aliphatic hydroxyl groups is 3. The quantitative estimate of drug-likeness (QED) is 0.394. The van der Waals surface area contributed by atoms with Gasteiger partial charge in [-0.1, -0.05) is 26.8 Å². The van der Waals surface area contributed by atoms with Crippen molar-refractivity contribution in [3.8, 4) is 0 Å². The predicted octanol–water partition coefficient (Wildman–Crippen LogP) is 1.42. The highest BCUT2D eigenvalue weighted by Gasteiger charge is 2.69. The zero-order chi connectivity index (χ0) is 19.3. The number of aliphatic hydroxyl groups excluding tert-OH is 3. The van der Waals surface area contributed by atoms with Crippen LogP contribution in [0, 0.1) is 22.7 Å². The topological polar surface area (TPSA) is 99.5 Å². The first-order chi connectivity index (χ1) is 12.1. The third-order valence-electron chi connectivity index (χ3n) is 7.61.